The predicted octanol–water partition coefficient (Wildman–Crippen LogP) is -0.423. The first-order valence-corrected chi connectivity index (χ1v) is 7.14. The van der Waals surface area contributed by atoms with Crippen LogP contribution < -0.4 is 11.5 Å². The van der Waals surface area contributed by atoms with E-state index in [1.54, 1.807) is 20.8 Å². The van der Waals surface area contributed by atoms with Gasteiger partial charge in [-0.05, 0) is 20.3 Å². The number of nitrogens with zero attached hydrogens (tertiary/aromatic N) is 1. The number of amides is 1. The van der Waals surface area contributed by atoms with Gasteiger partial charge >= 0.3 is 0 Å². The molecule has 1 unspecified atom stereocenters. The molecule has 0 heterocycles. The van der Waals surface area contributed by atoms with Crippen LogP contribution in [0.3, 0.4) is 0 Å². The normalized spacial score (nSPS) is 13.9. The van der Waals surface area contributed by atoms with Gasteiger partial charge in [0.05, 0.1) is 11.5 Å². The van der Waals surface area contributed by atoms with Crippen molar-refractivity contribution in [1.82, 2.24) is 4.31 Å². The van der Waals surface area contributed by atoms with Gasteiger partial charge in [0.1, 0.15) is 5.25 Å². The highest BCUT2D eigenvalue weighted by atomic mass is 32.2. The monoisotopic (exact) mass is 281 g/mol. The first-order chi connectivity index (χ1) is 7.64. The van der Waals surface area contributed by atoms with Gasteiger partial charge in [0, 0.05) is 6.04 Å². The Morgan fingerprint density at radius 2 is 1.82 bits per heavy atom. The third kappa shape index (κ3) is 4.21. The molecule has 0 radical (unpaired) electrons. The average Bonchev–Trinajstić information content (AvgIpc) is 2.12. The lowest BCUT2D eigenvalue weighted by Gasteiger charge is -2.28. The maximum atomic E-state index is 12.2. The number of carbonyl (C=O) groups excluding carboxylic acids is 1. The molecule has 0 saturated heterocycles. The molecular weight excluding hydrogens is 262 g/mol. The topological polar surface area (TPSA) is 106 Å². The molecule has 0 aromatic carbocycles. The minimum Gasteiger partial charge on any atom is -0.392 e. The summed E-state index contributed by atoms with van der Waals surface area (Å²) in [6, 6.07) is -0.379. The van der Waals surface area contributed by atoms with E-state index in [9.17, 15) is 13.2 Å². The molecule has 0 spiro atoms. The van der Waals surface area contributed by atoms with Crippen molar-refractivity contribution in [2.75, 3.05) is 6.54 Å². The van der Waals surface area contributed by atoms with Crippen molar-refractivity contribution in [3.8, 4) is 0 Å². The molecule has 1 amide bonds. The summed E-state index contributed by atoms with van der Waals surface area (Å²) >= 11 is 4.74. The standard InChI is InChI=1S/C9H19N3O3S2/c1-4-7(9(11)16)17(14,15)12(6(2)3)5-8(10)13/h6-7H,4-5H2,1-3H3,(H2,10,13)(H2,11,16). The summed E-state index contributed by atoms with van der Waals surface area (Å²) in [6.07, 6.45) is 0.264. The number of rotatable bonds is 7. The first kappa shape index (κ1) is 16.3. The number of hydrogen-bond donors (Lipinski definition) is 2. The molecule has 0 fully saturated rings. The molecule has 0 rings (SSSR count). The summed E-state index contributed by atoms with van der Waals surface area (Å²) in [7, 11) is -3.74. The fraction of sp³-hybridized carbons (Fsp3) is 0.778. The Labute approximate surface area is 107 Å². The number of thiocarbonyl (C=S) groups is 1. The summed E-state index contributed by atoms with van der Waals surface area (Å²) in [4.78, 5) is 10.8. The molecular formula is C9H19N3O3S2. The molecule has 1 atom stereocenters. The highest BCUT2D eigenvalue weighted by Gasteiger charge is 2.35. The molecule has 0 aliphatic rings. The Morgan fingerprint density at radius 1 is 1.35 bits per heavy atom. The summed E-state index contributed by atoms with van der Waals surface area (Å²) in [5.41, 5.74) is 10.4. The van der Waals surface area contributed by atoms with Crippen molar-refractivity contribution < 1.29 is 13.2 Å². The summed E-state index contributed by atoms with van der Waals surface area (Å²) < 4.78 is 25.5. The van der Waals surface area contributed by atoms with Crippen LogP contribution in [0.15, 0.2) is 0 Å². The van der Waals surface area contributed by atoms with Crippen LogP contribution in [0.2, 0.25) is 0 Å². The zero-order chi connectivity index (χ0) is 13.8. The van der Waals surface area contributed by atoms with E-state index in [1.807, 2.05) is 0 Å². The van der Waals surface area contributed by atoms with Crippen LogP contribution in [0, 0.1) is 0 Å². The molecule has 0 saturated carbocycles. The molecule has 0 bridgehead atoms. The van der Waals surface area contributed by atoms with Gasteiger partial charge in [-0.1, -0.05) is 19.1 Å². The lowest BCUT2D eigenvalue weighted by atomic mass is 10.3. The van der Waals surface area contributed by atoms with Gasteiger partial charge < -0.3 is 11.5 Å². The van der Waals surface area contributed by atoms with Crippen LogP contribution in [0.5, 0.6) is 0 Å². The lowest BCUT2D eigenvalue weighted by Crippen LogP contribution is -2.49. The fourth-order valence-electron chi connectivity index (χ4n) is 1.44. The second-order valence-corrected chi connectivity index (χ2v) is 6.49. The van der Waals surface area contributed by atoms with Gasteiger partial charge in [0.15, 0.2) is 0 Å². The molecule has 0 aliphatic heterocycles. The number of carbonyl (C=O) groups is 1. The minimum absolute atomic E-state index is 0.0948. The number of hydrogen-bond acceptors (Lipinski definition) is 4. The highest BCUT2D eigenvalue weighted by molar-refractivity contribution is 7.92. The average molecular weight is 281 g/mol. The Bertz CT molecular complexity index is 392. The largest absolute Gasteiger partial charge is 0.392 e. The quantitative estimate of drug-likeness (QED) is 0.616. The molecule has 0 aromatic rings. The highest BCUT2D eigenvalue weighted by Crippen LogP contribution is 2.15. The predicted molar refractivity (Wildman–Crippen MR) is 70.8 cm³/mol. The van der Waals surface area contributed by atoms with Gasteiger partial charge in [-0.25, -0.2) is 8.42 Å². The zero-order valence-corrected chi connectivity index (χ0v) is 11.8. The van der Waals surface area contributed by atoms with E-state index >= 15 is 0 Å². The van der Waals surface area contributed by atoms with Gasteiger partial charge in [0.2, 0.25) is 15.9 Å². The van der Waals surface area contributed by atoms with Crippen LogP contribution in [-0.2, 0) is 14.8 Å². The van der Waals surface area contributed by atoms with E-state index in [0.29, 0.717) is 0 Å². The Morgan fingerprint density at radius 3 is 2.06 bits per heavy atom. The van der Waals surface area contributed by atoms with E-state index in [1.165, 1.54) is 0 Å². The van der Waals surface area contributed by atoms with Crippen LogP contribution in [0.4, 0.5) is 0 Å². The Hall–Kier alpha value is -0.730. The summed E-state index contributed by atoms with van der Waals surface area (Å²) in [5.74, 6) is -0.708. The van der Waals surface area contributed by atoms with E-state index in [-0.39, 0.29) is 24.0 Å². The first-order valence-electron chi connectivity index (χ1n) is 5.22. The third-order valence-electron chi connectivity index (χ3n) is 2.26. The number of nitrogens with two attached hydrogens (primary N) is 2. The number of primary amides is 1. The molecule has 8 heteroatoms. The van der Waals surface area contributed by atoms with Crippen molar-refractivity contribution in [2.45, 2.75) is 38.5 Å². The molecule has 0 aliphatic carbocycles. The maximum Gasteiger partial charge on any atom is 0.232 e. The van der Waals surface area contributed by atoms with Gasteiger partial charge in [0.25, 0.3) is 0 Å². The van der Waals surface area contributed by atoms with E-state index < -0.39 is 21.2 Å². The van der Waals surface area contributed by atoms with Crippen LogP contribution in [0.1, 0.15) is 27.2 Å². The SMILES string of the molecule is CCC(C(N)=S)S(=O)(=O)N(CC(N)=O)C(C)C. The van der Waals surface area contributed by atoms with Crippen molar-refractivity contribution in [2.24, 2.45) is 11.5 Å². The van der Waals surface area contributed by atoms with Crippen molar-refractivity contribution >= 4 is 33.1 Å². The zero-order valence-electron chi connectivity index (χ0n) is 10.2. The molecule has 17 heavy (non-hydrogen) atoms. The van der Waals surface area contributed by atoms with Gasteiger partial charge in [-0.3, -0.25) is 4.79 Å². The maximum absolute atomic E-state index is 12.2. The summed E-state index contributed by atoms with van der Waals surface area (Å²) in [6.45, 7) is 4.63. The van der Waals surface area contributed by atoms with Crippen molar-refractivity contribution in [3.05, 3.63) is 0 Å². The van der Waals surface area contributed by atoms with E-state index in [2.05, 4.69) is 0 Å². The van der Waals surface area contributed by atoms with Crippen LogP contribution in [0.25, 0.3) is 0 Å². The third-order valence-corrected chi connectivity index (χ3v) is 5.21. The minimum atomic E-state index is -3.74. The Kier molecular flexibility index (Phi) is 6.00. The van der Waals surface area contributed by atoms with Crippen LogP contribution >= 0.6 is 12.2 Å². The number of sulfonamides is 1. The van der Waals surface area contributed by atoms with Gasteiger partial charge in [-0.15, -0.1) is 0 Å². The van der Waals surface area contributed by atoms with E-state index in [4.69, 9.17) is 23.7 Å². The summed E-state index contributed by atoms with van der Waals surface area (Å²) in [5, 5.41) is -0.959. The smallest absolute Gasteiger partial charge is 0.232 e. The molecule has 100 valence electrons. The van der Waals surface area contributed by atoms with Crippen molar-refractivity contribution in [3.63, 3.8) is 0 Å². The van der Waals surface area contributed by atoms with Gasteiger partial charge in [-0.2, -0.15) is 4.31 Å². The van der Waals surface area contributed by atoms with E-state index in [0.717, 1.165) is 4.31 Å². The lowest BCUT2D eigenvalue weighted by molar-refractivity contribution is -0.118. The molecule has 0 aromatic heterocycles. The fourth-order valence-corrected chi connectivity index (χ4v) is 3.91. The Balaban J connectivity index is 5.35. The second-order valence-electron chi connectivity index (χ2n) is 3.95. The second kappa shape index (κ2) is 6.27. The van der Waals surface area contributed by atoms with Crippen molar-refractivity contribution in [1.29, 1.82) is 0 Å². The molecule has 6 nitrogen and oxygen atoms in total. The van der Waals surface area contributed by atoms with Crippen LogP contribution in [-0.4, -0.2) is 41.5 Å². The molecule has 4 N–H and O–H groups in total.